The van der Waals surface area contributed by atoms with E-state index in [2.05, 4.69) is 5.32 Å². The molecule has 0 spiro atoms. The second kappa shape index (κ2) is 5.78. The Hall–Kier alpha value is -1.68. The average Bonchev–Trinajstić information content (AvgIpc) is 2.37. The van der Waals surface area contributed by atoms with Gasteiger partial charge in [0.05, 0.1) is 25.2 Å². The molecule has 0 unspecified atom stereocenters. The van der Waals surface area contributed by atoms with E-state index in [0.717, 1.165) is 5.56 Å². The summed E-state index contributed by atoms with van der Waals surface area (Å²) in [4.78, 5) is 23.2. The number of piperidine rings is 1. The van der Waals surface area contributed by atoms with Crippen molar-refractivity contribution in [2.75, 3.05) is 6.61 Å². The molecule has 2 atom stereocenters. The largest absolute Gasteiger partial charge is 0.376 e. The van der Waals surface area contributed by atoms with Crippen molar-refractivity contribution in [2.45, 2.75) is 26.0 Å². The molecule has 4 nitrogen and oxygen atoms in total. The lowest BCUT2D eigenvalue weighted by Crippen LogP contribution is -2.49. The van der Waals surface area contributed by atoms with Crippen LogP contribution in [0.1, 0.15) is 18.9 Å². The number of carbonyl (C=O) groups excluding carboxylic acids is 2. The van der Waals surface area contributed by atoms with E-state index in [-0.39, 0.29) is 30.1 Å². The minimum atomic E-state index is -0.358. The number of Topliss-reactive ketones (excluding diaryl/α,β-unsaturated/α-hetero) is 1. The second-order valence-electron chi connectivity index (χ2n) is 4.60. The summed E-state index contributed by atoms with van der Waals surface area (Å²) in [5.74, 6) is -0.365. The summed E-state index contributed by atoms with van der Waals surface area (Å²) < 4.78 is 5.50. The van der Waals surface area contributed by atoms with Gasteiger partial charge in [0.1, 0.15) is 0 Å². The number of ketones is 1. The Morgan fingerprint density at radius 2 is 2.00 bits per heavy atom. The number of hydrogen-bond acceptors (Lipinski definition) is 3. The Balaban J connectivity index is 1.80. The molecular formula is C14H17NO3. The number of benzene rings is 1. The Labute approximate surface area is 106 Å². The fourth-order valence-corrected chi connectivity index (χ4v) is 1.95. The first-order valence-corrected chi connectivity index (χ1v) is 6.11. The Morgan fingerprint density at radius 3 is 2.72 bits per heavy atom. The highest BCUT2D eigenvalue weighted by molar-refractivity contribution is 5.96. The number of amides is 1. The van der Waals surface area contributed by atoms with Crippen LogP contribution in [0, 0.1) is 5.92 Å². The molecule has 0 aromatic heterocycles. The van der Waals surface area contributed by atoms with Crippen LogP contribution in [0.4, 0.5) is 0 Å². The van der Waals surface area contributed by atoms with Crippen molar-refractivity contribution in [3.8, 4) is 0 Å². The van der Waals surface area contributed by atoms with Crippen LogP contribution in [0.5, 0.6) is 0 Å². The summed E-state index contributed by atoms with van der Waals surface area (Å²) in [6, 6.07) is 9.40. The van der Waals surface area contributed by atoms with Crippen molar-refractivity contribution >= 4 is 11.7 Å². The SMILES string of the molecule is C[C@@H]1NC(=O)[C@H](COCc2ccccc2)CC1=O. The molecule has 0 radical (unpaired) electrons. The van der Waals surface area contributed by atoms with Crippen molar-refractivity contribution in [1.29, 1.82) is 0 Å². The van der Waals surface area contributed by atoms with Crippen LogP contribution in [0.2, 0.25) is 0 Å². The van der Waals surface area contributed by atoms with Gasteiger partial charge in [-0.05, 0) is 12.5 Å². The van der Waals surface area contributed by atoms with E-state index >= 15 is 0 Å². The van der Waals surface area contributed by atoms with Crippen molar-refractivity contribution in [1.82, 2.24) is 5.32 Å². The molecule has 0 aliphatic carbocycles. The van der Waals surface area contributed by atoms with E-state index in [9.17, 15) is 9.59 Å². The maximum absolute atomic E-state index is 11.6. The Morgan fingerprint density at radius 1 is 1.28 bits per heavy atom. The van der Waals surface area contributed by atoms with Gasteiger partial charge in [-0.15, -0.1) is 0 Å². The molecule has 1 N–H and O–H groups in total. The first-order valence-electron chi connectivity index (χ1n) is 6.11. The summed E-state index contributed by atoms with van der Waals surface area (Å²) in [7, 11) is 0. The topological polar surface area (TPSA) is 55.4 Å². The molecule has 1 aromatic rings. The lowest BCUT2D eigenvalue weighted by atomic mass is 9.94. The number of carbonyl (C=O) groups is 2. The number of rotatable bonds is 4. The predicted octanol–water partition coefficient (Wildman–Crippen LogP) is 1.30. The van der Waals surface area contributed by atoms with Crippen LogP contribution in [-0.4, -0.2) is 24.3 Å². The first kappa shape index (κ1) is 12.8. The molecule has 1 fully saturated rings. The Bertz CT molecular complexity index is 430. The van der Waals surface area contributed by atoms with Crippen LogP contribution in [0.15, 0.2) is 30.3 Å². The fourth-order valence-electron chi connectivity index (χ4n) is 1.95. The highest BCUT2D eigenvalue weighted by atomic mass is 16.5. The number of hydrogen-bond donors (Lipinski definition) is 1. The van der Waals surface area contributed by atoms with Gasteiger partial charge in [-0.25, -0.2) is 0 Å². The molecule has 1 heterocycles. The second-order valence-corrected chi connectivity index (χ2v) is 4.60. The van der Waals surface area contributed by atoms with Crippen LogP contribution < -0.4 is 5.32 Å². The molecule has 96 valence electrons. The third-order valence-corrected chi connectivity index (χ3v) is 3.09. The van der Waals surface area contributed by atoms with Gasteiger partial charge in [0, 0.05) is 6.42 Å². The standard InChI is InChI=1S/C14H17NO3/c1-10-13(16)7-12(14(17)15-10)9-18-8-11-5-3-2-4-6-11/h2-6,10,12H,7-9H2,1H3,(H,15,17)/t10-,12-/m0/s1. The van der Waals surface area contributed by atoms with Gasteiger partial charge < -0.3 is 10.1 Å². The molecule has 4 heteroatoms. The van der Waals surface area contributed by atoms with Gasteiger partial charge in [0.2, 0.25) is 5.91 Å². The van der Waals surface area contributed by atoms with Gasteiger partial charge in [-0.1, -0.05) is 30.3 Å². The summed E-state index contributed by atoms with van der Waals surface area (Å²) in [5, 5.41) is 2.66. The molecule has 1 aliphatic rings. The highest BCUT2D eigenvalue weighted by Gasteiger charge is 2.31. The molecule has 1 saturated heterocycles. The quantitative estimate of drug-likeness (QED) is 0.872. The normalized spacial score (nSPS) is 23.8. The molecule has 1 aromatic carbocycles. The molecule has 1 aliphatic heterocycles. The third kappa shape index (κ3) is 3.17. The number of nitrogens with one attached hydrogen (secondary N) is 1. The van der Waals surface area contributed by atoms with Crippen LogP contribution in [0.3, 0.4) is 0 Å². The van der Waals surface area contributed by atoms with Crippen LogP contribution in [0.25, 0.3) is 0 Å². The lowest BCUT2D eigenvalue weighted by Gasteiger charge is -2.25. The molecule has 2 rings (SSSR count). The van der Waals surface area contributed by atoms with E-state index in [1.807, 2.05) is 30.3 Å². The predicted molar refractivity (Wildman–Crippen MR) is 66.8 cm³/mol. The summed E-state index contributed by atoms with van der Waals surface area (Å²) in [6.07, 6.45) is 0.280. The van der Waals surface area contributed by atoms with E-state index < -0.39 is 0 Å². The van der Waals surface area contributed by atoms with Gasteiger partial charge in [-0.2, -0.15) is 0 Å². The minimum Gasteiger partial charge on any atom is -0.376 e. The zero-order valence-corrected chi connectivity index (χ0v) is 10.4. The summed E-state index contributed by atoms with van der Waals surface area (Å²) in [5.41, 5.74) is 1.06. The first-order chi connectivity index (χ1) is 8.66. The zero-order valence-electron chi connectivity index (χ0n) is 10.4. The van der Waals surface area contributed by atoms with Gasteiger partial charge in [0.15, 0.2) is 5.78 Å². The summed E-state index contributed by atoms with van der Waals surface area (Å²) in [6.45, 7) is 2.47. The minimum absolute atomic E-state index is 0.0721. The average molecular weight is 247 g/mol. The van der Waals surface area contributed by atoms with E-state index in [1.165, 1.54) is 0 Å². The monoisotopic (exact) mass is 247 g/mol. The fraction of sp³-hybridized carbons (Fsp3) is 0.429. The smallest absolute Gasteiger partial charge is 0.226 e. The highest BCUT2D eigenvalue weighted by Crippen LogP contribution is 2.13. The van der Waals surface area contributed by atoms with Crippen molar-refractivity contribution in [3.05, 3.63) is 35.9 Å². The maximum atomic E-state index is 11.6. The lowest BCUT2D eigenvalue weighted by molar-refractivity contribution is -0.138. The van der Waals surface area contributed by atoms with Crippen LogP contribution in [-0.2, 0) is 20.9 Å². The molecule has 0 saturated carbocycles. The van der Waals surface area contributed by atoms with E-state index in [0.29, 0.717) is 13.2 Å². The zero-order chi connectivity index (χ0) is 13.0. The molecule has 0 bridgehead atoms. The van der Waals surface area contributed by atoms with Crippen molar-refractivity contribution < 1.29 is 14.3 Å². The van der Waals surface area contributed by atoms with Gasteiger partial charge >= 0.3 is 0 Å². The number of ether oxygens (including phenoxy) is 1. The van der Waals surface area contributed by atoms with Gasteiger partial charge in [0.25, 0.3) is 0 Å². The molecule has 18 heavy (non-hydrogen) atoms. The van der Waals surface area contributed by atoms with Gasteiger partial charge in [-0.3, -0.25) is 9.59 Å². The maximum Gasteiger partial charge on any atom is 0.226 e. The Kier molecular flexibility index (Phi) is 4.10. The summed E-state index contributed by atoms with van der Waals surface area (Å²) >= 11 is 0. The van der Waals surface area contributed by atoms with Crippen molar-refractivity contribution in [3.63, 3.8) is 0 Å². The molecule has 1 amide bonds. The van der Waals surface area contributed by atoms with Crippen LogP contribution >= 0.6 is 0 Å². The third-order valence-electron chi connectivity index (χ3n) is 3.09. The molecular weight excluding hydrogens is 230 g/mol. The van der Waals surface area contributed by atoms with E-state index in [1.54, 1.807) is 6.92 Å². The van der Waals surface area contributed by atoms with E-state index in [4.69, 9.17) is 4.74 Å². The van der Waals surface area contributed by atoms with Crippen molar-refractivity contribution in [2.24, 2.45) is 5.92 Å².